The number of pyridine rings is 1. The summed E-state index contributed by atoms with van der Waals surface area (Å²) in [5.41, 5.74) is 3.37. The molecule has 1 aromatic heterocycles. The fraction of sp³-hybridized carbons (Fsp3) is 0.261. The maximum Gasteiger partial charge on any atom is 0.255 e. The number of nitrogens with one attached hydrogen (secondary N) is 1. The van der Waals surface area contributed by atoms with Crippen LogP contribution in [0.1, 0.15) is 32.7 Å². The molecule has 6 nitrogen and oxygen atoms in total. The number of ether oxygens (including phenoxy) is 2. The molecule has 1 atom stereocenters. The minimum atomic E-state index is -0.201. The summed E-state index contributed by atoms with van der Waals surface area (Å²) >= 11 is 0. The summed E-state index contributed by atoms with van der Waals surface area (Å²) in [6.07, 6.45) is 3.33. The molecule has 6 heteroatoms. The molecular formula is C23H22N2O4. The number of nitrogens with zero attached hydrogens (tertiary/aromatic N) is 1. The van der Waals surface area contributed by atoms with Gasteiger partial charge in [0.15, 0.2) is 6.29 Å². The molecule has 1 aliphatic rings. The number of aromatic nitrogens is 1. The molecule has 1 N–H and O–H groups in total. The standard InChI is InChI=1S/C23H22N2O4/c1-15-21(7-4-19-10-17(12-26)11-24-22(15)19)25-23(27)18-2-5-20(6-3-18)29-14-16-8-9-28-13-16/h2-7,10-12,16H,8-9,13-14H2,1H3,(H,25,27). The van der Waals surface area contributed by atoms with Crippen molar-refractivity contribution in [2.75, 3.05) is 25.1 Å². The SMILES string of the molecule is Cc1c(NC(=O)c2ccc(OCC3CCOC3)cc2)ccc2cc(C=O)cnc12. The minimum Gasteiger partial charge on any atom is -0.493 e. The van der Waals surface area contributed by atoms with Gasteiger partial charge in [0.05, 0.1) is 18.7 Å². The second kappa shape index (κ2) is 8.41. The summed E-state index contributed by atoms with van der Waals surface area (Å²) in [6, 6.07) is 12.6. The molecule has 0 bridgehead atoms. The van der Waals surface area contributed by atoms with Crippen molar-refractivity contribution in [3.8, 4) is 5.75 Å². The summed E-state index contributed by atoms with van der Waals surface area (Å²) < 4.78 is 11.1. The first-order valence-corrected chi connectivity index (χ1v) is 9.60. The number of anilines is 1. The number of aryl methyl sites for hydroxylation is 1. The van der Waals surface area contributed by atoms with Crippen molar-refractivity contribution in [3.63, 3.8) is 0 Å². The highest BCUT2D eigenvalue weighted by Crippen LogP contribution is 2.25. The number of aldehydes is 1. The van der Waals surface area contributed by atoms with Gasteiger partial charge in [-0.2, -0.15) is 0 Å². The van der Waals surface area contributed by atoms with E-state index in [4.69, 9.17) is 9.47 Å². The maximum absolute atomic E-state index is 12.6. The van der Waals surface area contributed by atoms with E-state index in [1.54, 1.807) is 30.3 Å². The van der Waals surface area contributed by atoms with Gasteiger partial charge >= 0.3 is 0 Å². The van der Waals surface area contributed by atoms with Crippen molar-refractivity contribution in [2.45, 2.75) is 13.3 Å². The van der Waals surface area contributed by atoms with Gasteiger partial charge in [0.2, 0.25) is 0 Å². The average Bonchev–Trinajstić information content (AvgIpc) is 3.28. The summed E-state index contributed by atoms with van der Waals surface area (Å²) in [6.45, 7) is 4.07. The molecule has 4 rings (SSSR count). The third-order valence-electron chi connectivity index (χ3n) is 5.14. The molecular weight excluding hydrogens is 368 g/mol. The summed E-state index contributed by atoms with van der Waals surface area (Å²) in [5.74, 6) is 0.975. The van der Waals surface area contributed by atoms with Crippen LogP contribution in [-0.4, -0.2) is 37.0 Å². The Morgan fingerprint density at radius 2 is 2.10 bits per heavy atom. The number of amides is 1. The van der Waals surface area contributed by atoms with Gasteiger partial charge in [0.25, 0.3) is 5.91 Å². The number of rotatable bonds is 6. The van der Waals surface area contributed by atoms with Crippen molar-refractivity contribution in [1.29, 1.82) is 0 Å². The van der Waals surface area contributed by atoms with Crippen LogP contribution in [0, 0.1) is 12.8 Å². The lowest BCUT2D eigenvalue weighted by Crippen LogP contribution is -2.13. The van der Waals surface area contributed by atoms with Gasteiger partial charge in [-0.05, 0) is 55.3 Å². The molecule has 2 heterocycles. The molecule has 1 aliphatic heterocycles. The molecule has 1 unspecified atom stereocenters. The van der Waals surface area contributed by atoms with Crippen LogP contribution in [0.3, 0.4) is 0 Å². The Kier molecular flexibility index (Phi) is 5.53. The first-order chi connectivity index (χ1) is 14.1. The Morgan fingerprint density at radius 3 is 2.83 bits per heavy atom. The van der Waals surface area contributed by atoms with E-state index < -0.39 is 0 Å². The number of benzene rings is 2. The number of fused-ring (bicyclic) bond motifs is 1. The zero-order chi connectivity index (χ0) is 20.2. The molecule has 0 aliphatic carbocycles. The largest absolute Gasteiger partial charge is 0.493 e. The van der Waals surface area contributed by atoms with Crippen molar-refractivity contribution in [2.24, 2.45) is 5.92 Å². The van der Waals surface area contributed by atoms with Crippen LogP contribution in [0.25, 0.3) is 10.9 Å². The number of hydrogen-bond acceptors (Lipinski definition) is 5. The fourth-order valence-corrected chi connectivity index (χ4v) is 3.39. The summed E-state index contributed by atoms with van der Waals surface area (Å²) in [5, 5.41) is 3.80. The molecule has 148 valence electrons. The van der Waals surface area contributed by atoms with Crippen LogP contribution < -0.4 is 10.1 Å². The zero-order valence-corrected chi connectivity index (χ0v) is 16.2. The van der Waals surface area contributed by atoms with Gasteiger partial charge in [-0.1, -0.05) is 6.07 Å². The quantitative estimate of drug-likeness (QED) is 0.643. The van der Waals surface area contributed by atoms with E-state index in [0.717, 1.165) is 48.1 Å². The van der Waals surface area contributed by atoms with Crippen molar-refractivity contribution in [1.82, 2.24) is 4.98 Å². The highest BCUT2D eigenvalue weighted by molar-refractivity contribution is 6.06. The van der Waals surface area contributed by atoms with Crippen LogP contribution >= 0.6 is 0 Å². The Hall–Kier alpha value is -3.25. The topological polar surface area (TPSA) is 77.5 Å². The Bertz CT molecular complexity index is 1040. The molecule has 29 heavy (non-hydrogen) atoms. The monoisotopic (exact) mass is 390 g/mol. The van der Waals surface area contributed by atoms with Crippen LogP contribution in [-0.2, 0) is 4.74 Å². The first kappa shape index (κ1) is 19.1. The van der Waals surface area contributed by atoms with Gasteiger partial charge in [-0.3, -0.25) is 14.6 Å². The summed E-state index contributed by atoms with van der Waals surface area (Å²) in [4.78, 5) is 27.9. The van der Waals surface area contributed by atoms with Gasteiger partial charge in [-0.15, -0.1) is 0 Å². The highest BCUT2D eigenvalue weighted by atomic mass is 16.5. The van der Waals surface area contributed by atoms with E-state index in [2.05, 4.69) is 10.3 Å². The molecule has 1 fully saturated rings. The number of carbonyl (C=O) groups excluding carboxylic acids is 2. The van der Waals surface area contributed by atoms with Crippen molar-refractivity contribution < 1.29 is 19.1 Å². The van der Waals surface area contributed by atoms with Crippen molar-refractivity contribution in [3.05, 3.63) is 65.4 Å². The lowest BCUT2D eigenvalue weighted by atomic mass is 10.1. The Labute approximate surface area is 168 Å². The van der Waals surface area contributed by atoms with Gasteiger partial charge in [0.1, 0.15) is 5.75 Å². The normalized spacial score (nSPS) is 16.0. The fourth-order valence-electron chi connectivity index (χ4n) is 3.39. The number of carbonyl (C=O) groups is 2. The summed E-state index contributed by atoms with van der Waals surface area (Å²) in [7, 11) is 0. The second-order valence-electron chi connectivity index (χ2n) is 7.22. The van der Waals surface area contributed by atoms with Crippen molar-refractivity contribution >= 4 is 28.8 Å². The molecule has 0 spiro atoms. The highest BCUT2D eigenvalue weighted by Gasteiger charge is 2.16. The lowest BCUT2D eigenvalue weighted by Gasteiger charge is -2.12. The molecule has 1 saturated heterocycles. The second-order valence-corrected chi connectivity index (χ2v) is 7.22. The van der Waals surface area contributed by atoms with E-state index in [1.807, 2.05) is 19.1 Å². The van der Waals surface area contributed by atoms with Crippen LogP contribution in [0.5, 0.6) is 5.75 Å². The molecule has 1 amide bonds. The average molecular weight is 390 g/mol. The van der Waals surface area contributed by atoms with Crippen LogP contribution in [0.2, 0.25) is 0 Å². The lowest BCUT2D eigenvalue weighted by molar-refractivity contribution is 0.102. The Morgan fingerprint density at radius 1 is 1.28 bits per heavy atom. The molecule has 3 aromatic rings. The minimum absolute atomic E-state index is 0.201. The first-order valence-electron chi connectivity index (χ1n) is 9.60. The van der Waals surface area contributed by atoms with Crippen LogP contribution in [0.15, 0.2) is 48.7 Å². The molecule has 0 radical (unpaired) electrons. The van der Waals surface area contributed by atoms with E-state index in [1.165, 1.54) is 6.20 Å². The Balaban J connectivity index is 1.44. The predicted octanol–water partition coefficient (Wildman–Crippen LogP) is 4.02. The smallest absolute Gasteiger partial charge is 0.255 e. The van der Waals surface area contributed by atoms with Gasteiger partial charge in [-0.25, -0.2) is 0 Å². The third kappa shape index (κ3) is 4.27. The van der Waals surface area contributed by atoms with Gasteiger partial charge in [0, 0.05) is 40.9 Å². The zero-order valence-electron chi connectivity index (χ0n) is 16.2. The maximum atomic E-state index is 12.6. The molecule has 2 aromatic carbocycles. The van der Waals surface area contributed by atoms with E-state index in [-0.39, 0.29) is 5.91 Å². The van der Waals surface area contributed by atoms with E-state index in [9.17, 15) is 9.59 Å². The van der Waals surface area contributed by atoms with E-state index in [0.29, 0.717) is 29.3 Å². The number of hydrogen-bond donors (Lipinski definition) is 1. The van der Waals surface area contributed by atoms with E-state index >= 15 is 0 Å². The predicted molar refractivity (Wildman–Crippen MR) is 111 cm³/mol. The van der Waals surface area contributed by atoms with Crippen LogP contribution in [0.4, 0.5) is 5.69 Å². The van der Waals surface area contributed by atoms with Gasteiger partial charge < -0.3 is 14.8 Å². The molecule has 0 saturated carbocycles. The third-order valence-corrected chi connectivity index (χ3v) is 5.14.